The summed E-state index contributed by atoms with van der Waals surface area (Å²) in [5, 5.41) is 0. The molecular weight excluding hydrogens is 424 g/mol. The van der Waals surface area contributed by atoms with E-state index in [2.05, 4.69) is 63.4 Å². The molecule has 4 heteroatoms. The van der Waals surface area contributed by atoms with Gasteiger partial charge in [0.2, 0.25) is 0 Å². The fraction of sp³-hybridized carbons (Fsp3) is 0.433. The van der Waals surface area contributed by atoms with E-state index >= 15 is 0 Å². The van der Waals surface area contributed by atoms with Gasteiger partial charge in [-0.05, 0) is 67.5 Å². The third-order valence-electron chi connectivity index (χ3n) is 5.62. The summed E-state index contributed by atoms with van der Waals surface area (Å²) >= 11 is 0. The molecule has 0 aromatic heterocycles. The number of unbranched alkanes of at least 4 members (excludes halogenated alkanes) is 1. The molecule has 0 radical (unpaired) electrons. The summed E-state index contributed by atoms with van der Waals surface area (Å²) in [5.74, 6) is 0.602. The van der Waals surface area contributed by atoms with Crippen LogP contribution in [-0.2, 0) is 26.1 Å². The van der Waals surface area contributed by atoms with Crippen LogP contribution in [-0.4, -0.2) is 32.4 Å². The zero-order chi connectivity index (χ0) is 24.3. The molecule has 0 amide bonds. The van der Waals surface area contributed by atoms with Gasteiger partial charge in [-0.3, -0.25) is 4.79 Å². The van der Waals surface area contributed by atoms with Gasteiger partial charge >= 0.3 is 0 Å². The lowest BCUT2D eigenvalue weighted by Gasteiger charge is -2.26. The topological polar surface area (TPSA) is 44.8 Å². The van der Waals surface area contributed by atoms with Crippen LogP contribution in [0.4, 0.5) is 0 Å². The summed E-state index contributed by atoms with van der Waals surface area (Å²) in [5.41, 5.74) is 5.16. The van der Waals surface area contributed by atoms with Crippen LogP contribution in [0.3, 0.4) is 0 Å². The first-order valence-electron chi connectivity index (χ1n) is 11.5. The van der Waals surface area contributed by atoms with Crippen molar-refractivity contribution in [1.29, 1.82) is 0 Å². The van der Waals surface area contributed by atoms with Gasteiger partial charge < -0.3 is 14.2 Å². The largest absolute Gasteiger partial charge is 0.485 e. The molecular formula is C30H42O4. The second-order valence-corrected chi connectivity index (χ2v) is 9.13. The van der Waals surface area contributed by atoms with E-state index in [1.165, 1.54) is 16.7 Å². The van der Waals surface area contributed by atoms with Crippen LogP contribution < -0.4 is 4.74 Å². The van der Waals surface area contributed by atoms with Crippen molar-refractivity contribution in [1.82, 2.24) is 0 Å². The molecule has 0 bridgehead atoms. The third-order valence-corrected chi connectivity index (χ3v) is 5.62. The van der Waals surface area contributed by atoms with E-state index in [4.69, 9.17) is 14.2 Å². The number of ketones is 1. The zero-order valence-electron chi connectivity index (χ0n) is 20.6. The Labute approximate surface area is 206 Å². The minimum Gasteiger partial charge on any atom is -0.485 e. The molecule has 0 heterocycles. The molecule has 186 valence electrons. The number of rotatable bonds is 15. The molecule has 0 aliphatic heterocycles. The van der Waals surface area contributed by atoms with Crippen LogP contribution in [0, 0.1) is 0 Å². The van der Waals surface area contributed by atoms with Crippen molar-refractivity contribution in [2.75, 3.05) is 26.6 Å². The van der Waals surface area contributed by atoms with Gasteiger partial charge in [-0.2, -0.15) is 0 Å². The fourth-order valence-corrected chi connectivity index (χ4v) is 3.36. The van der Waals surface area contributed by atoms with E-state index in [-0.39, 0.29) is 25.2 Å². The summed E-state index contributed by atoms with van der Waals surface area (Å²) in [4.78, 5) is 11.7. The van der Waals surface area contributed by atoms with Crippen molar-refractivity contribution in [3.8, 4) is 5.75 Å². The van der Waals surface area contributed by atoms with E-state index in [1.54, 1.807) is 6.92 Å². The quantitative estimate of drug-likeness (QED) is 0.122. The van der Waals surface area contributed by atoms with Crippen LogP contribution in [0.2, 0.25) is 0 Å². The Bertz CT molecular complexity index is 908. The Hall–Kier alpha value is -2.69. The van der Waals surface area contributed by atoms with Gasteiger partial charge in [0, 0.05) is 12.0 Å². The highest BCUT2D eigenvalue weighted by molar-refractivity contribution is 5.95. The van der Waals surface area contributed by atoms with Crippen molar-refractivity contribution >= 4 is 5.78 Å². The zero-order valence-corrected chi connectivity index (χ0v) is 20.6. The first-order chi connectivity index (χ1) is 15.7. The Balaban J connectivity index is 0.00000578. The van der Waals surface area contributed by atoms with Gasteiger partial charge in [-0.1, -0.05) is 76.4 Å². The highest BCUT2D eigenvalue weighted by Gasteiger charge is 2.23. The lowest BCUT2D eigenvalue weighted by atomic mass is 9.78. The van der Waals surface area contributed by atoms with E-state index < -0.39 is 0 Å². The van der Waals surface area contributed by atoms with Gasteiger partial charge in [-0.25, -0.2) is 0 Å². The summed E-state index contributed by atoms with van der Waals surface area (Å²) in [6, 6.07) is 16.8. The number of hydrogen-bond donors (Lipinski definition) is 0. The first-order valence-corrected chi connectivity index (χ1v) is 11.5. The van der Waals surface area contributed by atoms with E-state index in [0.717, 1.165) is 24.8 Å². The maximum Gasteiger partial charge on any atom is 0.195 e. The third kappa shape index (κ3) is 9.66. The summed E-state index contributed by atoms with van der Waals surface area (Å²) in [6.07, 6.45) is 3.13. The molecule has 0 unspecified atom stereocenters. The number of carbonyl (C=O) groups is 1. The smallest absolute Gasteiger partial charge is 0.195 e. The summed E-state index contributed by atoms with van der Waals surface area (Å²) in [6.45, 7) is 17.1. The molecule has 0 N–H and O–H groups in total. The predicted octanol–water partition coefficient (Wildman–Crippen LogP) is 7.06. The van der Waals surface area contributed by atoms with Gasteiger partial charge in [0.15, 0.2) is 12.4 Å². The average molecular weight is 467 g/mol. The standard InChI is InChI=1S/C29H38O4.CH4/c1-22(2)19-32-21-31-18-8-7-9-24-10-12-25(13-11-24)29(5,6)26-14-16-27(17-15-26)33-20-28(30)23(3)4;/h10-17H,1,3,7-9,18-21H2,2,4-6H3;1H4. The van der Waals surface area contributed by atoms with Crippen LogP contribution in [0.15, 0.2) is 72.8 Å². The van der Waals surface area contributed by atoms with Gasteiger partial charge in [0.1, 0.15) is 12.5 Å². The maximum atomic E-state index is 11.7. The Morgan fingerprint density at radius 1 is 0.853 bits per heavy atom. The Kier molecular flexibility index (Phi) is 12.6. The molecule has 0 aliphatic carbocycles. The van der Waals surface area contributed by atoms with E-state index in [0.29, 0.717) is 31.3 Å². The molecule has 2 rings (SSSR count). The molecule has 0 aliphatic rings. The summed E-state index contributed by atoms with van der Waals surface area (Å²) in [7, 11) is 0. The molecule has 0 saturated heterocycles. The SMILES string of the molecule is C.C=C(C)COCOCCCCc1ccc(C(C)(C)c2ccc(OCC(=O)C(=C)C)cc2)cc1. The highest BCUT2D eigenvalue weighted by Crippen LogP contribution is 2.32. The lowest BCUT2D eigenvalue weighted by Crippen LogP contribution is -2.19. The van der Waals surface area contributed by atoms with Gasteiger partial charge in [0.05, 0.1) is 6.61 Å². The number of hydrogen-bond acceptors (Lipinski definition) is 4. The van der Waals surface area contributed by atoms with Crippen LogP contribution in [0.1, 0.15) is 64.7 Å². The van der Waals surface area contributed by atoms with Gasteiger partial charge in [-0.15, -0.1) is 0 Å². The molecule has 2 aromatic carbocycles. The molecule has 0 atom stereocenters. The van der Waals surface area contributed by atoms with Crippen molar-refractivity contribution in [3.63, 3.8) is 0 Å². The number of benzene rings is 2. The highest BCUT2D eigenvalue weighted by atomic mass is 16.7. The fourth-order valence-electron chi connectivity index (χ4n) is 3.36. The van der Waals surface area contributed by atoms with Crippen molar-refractivity contribution < 1.29 is 19.0 Å². The molecule has 4 nitrogen and oxygen atoms in total. The van der Waals surface area contributed by atoms with Crippen molar-refractivity contribution in [2.45, 2.75) is 59.8 Å². The molecule has 34 heavy (non-hydrogen) atoms. The first kappa shape index (κ1) is 29.3. The van der Waals surface area contributed by atoms with Crippen LogP contribution in [0.5, 0.6) is 5.75 Å². The van der Waals surface area contributed by atoms with Crippen LogP contribution in [0.25, 0.3) is 0 Å². The number of carbonyl (C=O) groups excluding carboxylic acids is 1. The van der Waals surface area contributed by atoms with Crippen molar-refractivity contribution in [3.05, 3.63) is 89.5 Å². The van der Waals surface area contributed by atoms with E-state index in [1.807, 2.05) is 19.1 Å². The molecule has 2 aromatic rings. The van der Waals surface area contributed by atoms with E-state index in [9.17, 15) is 4.79 Å². The number of ether oxygens (including phenoxy) is 3. The minimum absolute atomic E-state index is 0. The van der Waals surface area contributed by atoms with Gasteiger partial charge in [0.25, 0.3) is 0 Å². The normalized spacial score (nSPS) is 10.9. The average Bonchev–Trinajstić information content (AvgIpc) is 2.79. The second-order valence-electron chi connectivity index (χ2n) is 9.13. The molecule has 0 spiro atoms. The lowest BCUT2D eigenvalue weighted by molar-refractivity contribution is -0.117. The number of Topliss-reactive ketones (excluding diaryl/α,β-unsaturated/α-hetero) is 1. The van der Waals surface area contributed by atoms with Crippen molar-refractivity contribution in [2.24, 2.45) is 0 Å². The monoisotopic (exact) mass is 466 g/mol. The number of aryl methyl sites for hydroxylation is 1. The molecule has 0 fully saturated rings. The predicted molar refractivity (Wildman–Crippen MR) is 142 cm³/mol. The second kappa shape index (κ2) is 14.5. The molecule has 0 saturated carbocycles. The Morgan fingerprint density at radius 3 is 2.00 bits per heavy atom. The Morgan fingerprint density at radius 2 is 1.44 bits per heavy atom. The summed E-state index contributed by atoms with van der Waals surface area (Å²) < 4.78 is 16.4. The van der Waals surface area contributed by atoms with Crippen LogP contribution >= 0.6 is 0 Å². The minimum atomic E-state index is -0.137. The maximum absolute atomic E-state index is 11.7.